The summed E-state index contributed by atoms with van der Waals surface area (Å²) >= 11 is 1.54. The van der Waals surface area contributed by atoms with Gasteiger partial charge in [-0.3, -0.25) is 0 Å². The number of hydrogen-bond donors (Lipinski definition) is 1. The average molecular weight is 406 g/mol. The normalized spacial score (nSPS) is 11.4. The summed E-state index contributed by atoms with van der Waals surface area (Å²) in [5.41, 5.74) is 2.59. The van der Waals surface area contributed by atoms with Crippen LogP contribution in [0.2, 0.25) is 0 Å². The lowest BCUT2D eigenvalue weighted by molar-refractivity contribution is -0.132. The van der Waals surface area contributed by atoms with Crippen LogP contribution in [0, 0.1) is 11.3 Å². The van der Waals surface area contributed by atoms with E-state index in [4.69, 9.17) is 0 Å². The number of carboxylic acids is 1. The first-order chi connectivity index (χ1) is 14.1. The zero-order valence-electron chi connectivity index (χ0n) is 16.3. The van der Waals surface area contributed by atoms with Gasteiger partial charge in [0.1, 0.15) is 5.82 Å². The Morgan fingerprint density at radius 1 is 1.31 bits per heavy atom. The smallest absolute Gasteiger partial charge is 0.332 e. The highest BCUT2D eigenvalue weighted by Gasteiger charge is 2.15. The van der Waals surface area contributed by atoms with Crippen molar-refractivity contribution in [2.45, 2.75) is 39.2 Å². The van der Waals surface area contributed by atoms with Crippen LogP contribution in [0.3, 0.4) is 0 Å². The number of carboxylic acid groups (broad SMARTS) is 1. The fourth-order valence-electron chi connectivity index (χ4n) is 3.17. The second kappa shape index (κ2) is 9.85. The van der Waals surface area contributed by atoms with Crippen molar-refractivity contribution in [2.24, 2.45) is 0 Å². The first kappa shape index (κ1) is 20.6. The van der Waals surface area contributed by atoms with Crippen LogP contribution in [0.1, 0.15) is 47.3 Å². The molecule has 0 bridgehead atoms. The third-order valence-corrected chi connectivity index (χ3v) is 5.61. The van der Waals surface area contributed by atoms with Crippen LogP contribution in [-0.2, 0) is 24.2 Å². The molecule has 0 unspecified atom stereocenters. The molecule has 0 aliphatic carbocycles. The Morgan fingerprint density at radius 2 is 2.14 bits per heavy atom. The van der Waals surface area contributed by atoms with Gasteiger partial charge < -0.3 is 9.67 Å². The predicted molar refractivity (Wildman–Crippen MR) is 115 cm³/mol. The summed E-state index contributed by atoms with van der Waals surface area (Å²) in [4.78, 5) is 17.4. The van der Waals surface area contributed by atoms with Crippen molar-refractivity contribution in [3.05, 3.63) is 81.1 Å². The van der Waals surface area contributed by atoms with E-state index in [1.54, 1.807) is 29.7 Å². The summed E-state index contributed by atoms with van der Waals surface area (Å²) in [7, 11) is 0. The largest absolute Gasteiger partial charge is 0.478 e. The number of aliphatic carboxylic acids is 1. The molecule has 0 amide bonds. The van der Waals surface area contributed by atoms with Gasteiger partial charge in [-0.05, 0) is 35.6 Å². The van der Waals surface area contributed by atoms with Gasteiger partial charge in [0, 0.05) is 23.3 Å². The van der Waals surface area contributed by atoms with E-state index >= 15 is 0 Å². The fourth-order valence-corrected chi connectivity index (χ4v) is 3.89. The van der Waals surface area contributed by atoms with Gasteiger partial charge in [-0.25, -0.2) is 9.78 Å². The van der Waals surface area contributed by atoms with Crippen molar-refractivity contribution < 1.29 is 9.90 Å². The summed E-state index contributed by atoms with van der Waals surface area (Å²) < 4.78 is 2.03. The molecule has 148 valence electrons. The van der Waals surface area contributed by atoms with E-state index in [0.29, 0.717) is 24.1 Å². The lowest BCUT2D eigenvalue weighted by Crippen LogP contribution is -2.10. The number of rotatable bonds is 9. The van der Waals surface area contributed by atoms with E-state index in [2.05, 4.69) is 18.0 Å². The maximum atomic E-state index is 11.8. The molecule has 3 rings (SSSR count). The molecular weight excluding hydrogens is 382 g/mol. The molecule has 6 heteroatoms. The van der Waals surface area contributed by atoms with Gasteiger partial charge >= 0.3 is 5.97 Å². The molecule has 29 heavy (non-hydrogen) atoms. The number of aryl methyl sites for hydroxylation is 1. The summed E-state index contributed by atoms with van der Waals surface area (Å²) in [5.74, 6) is -0.0228. The van der Waals surface area contributed by atoms with Crippen molar-refractivity contribution in [2.75, 3.05) is 0 Å². The van der Waals surface area contributed by atoms with E-state index in [1.807, 2.05) is 40.3 Å². The highest BCUT2D eigenvalue weighted by atomic mass is 32.1. The molecule has 2 heterocycles. The zero-order chi connectivity index (χ0) is 20.6. The van der Waals surface area contributed by atoms with Crippen molar-refractivity contribution in [1.82, 2.24) is 9.55 Å². The van der Waals surface area contributed by atoms with Gasteiger partial charge in [0.25, 0.3) is 0 Å². The second-order valence-electron chi connectivity index (χ2n) is 6.79. The van der Waals surface area contributed by atoms with Crippen molar-refractivity contribution in [3.63, 3.8) is 0 Å². The summed E-state index contributed by atoms with van der Waals surface area (Å²) in [6.07, 6.45) is 6.67. The minimum absolute atomic E-state index is 0.323. The molecule has 0 saturated carbocycles. The fraction of sp³-hybridized carbons (Fsp3) is 0.261. The van der Waals surface area contributed by atoms with E-state index in [-0.39, 0.29) is 0 Å². The number of imidazole rings is 1. The molecule has 0 saturated heterocycles. The number of thiophene rings is 1. The van der Waals surface area contributed by atoms with E-state index in [0.717, 1.165) is 41.2 Å². The molecule has 0 aliphatic rings. The van der Waals surface area contributed by atoms with Gasteiger partial charge in [-0.2, -0.15) is 5.26 Å². The van der Waals surface area contributed by atoms with Crippen LogP contribution < -0.4 is 0 Å². The summed E-state index contributed by atoms with van der Waals surface area (Å²) in [6.45, 7) is 2.61. The molecular formula is C23H23N3O2S. The maximum Gasteiger partial charge on any atom is 0.332 e. The Hall–Kier alpha value is -3.17. The Bertz CT molecular complexity index is 1040. The zero-order valence-corrected chi connectivity index (χ0v) is 17.2. The van der Waals surface area contributed by atoms with E-state index in [1.165, 1.54) is 0 Å². The first-order valence-corrected chi connectivity index (χ1v) is 10.5. The van der Waals surface area contributed by atoms with Crippen LogP contribution in [0.4, 0.5) is 0 Å². The molecule has 0 spiro atoms. The Balaban J connectivity index is 2.00. The number of carbonyl (C=O) groups is 1. The number of nitriles is 1. The average Bonchev–Trinajstić information content (AvgIpc) is 3.37. The van der Waals surface area contributed by atoms with Gasteiger partial charge in [0.05, 0.1) is 30.1 Å². The van der Waals surface area contributed by atoms with Gasteiger partial charge in [0.15, 0.2) is 0 Å². The van der Waals surface area contributed by atoms with Gasteiger partial charge in [-0.15, -0.1) is 11.3 Å². The van der Waals surface area contributed by atoms with Crippen LogP contribution in [0.25, 0.3) is 6.08 Å². The lowest BCUT2D eigenvalue weighted by Gasteiger charge is -2.12. The SMILES string of the molecule is CCCCc1ncc(/C=C(/Cc2cccs2)C(=O)O)n1Cc1ccccc1C#N. The number of unbranched alkanes of at least 4 members (excludes halogenated alkanes) is 1. The predicted octanol–water partition coefficient (Wildman–Crippen LogP) is 4.92. The molecule has 0 aliphatic heterocycles. The van der Waals surface area contributed by atoms with Crippen LogP contribution in [0.15, 0.2) is 53.5 Å². The monoisotopic (exact) mass is 405 g/mol. The molecule has 1 N–H and O–H groups in total. The lowest BCUT2D eigenvalue weighted by atomic mass is 10.1. The minimum Gasteiger partial charge on any atom is -0.478 e. The number of benzene rings is 1. The van der Waals surface area contributed by atoms with E-state index < -0.39 is 5.97 Å². The van der Waals surface area contributed by atoms with Gasteiger partial charge in [0.2, 0.25) is 0 Å². The number of hydrogen-bond acceptors (Lipinski definition) is 4. The van der Waals surface area contributed by atoms with Crippen LogP contribution in [-0.4, -0.2) is 20.6 Å². The van der Waals surface area contributed by atoms with Crippen molar-refractivity contribution >= 4 is 23.4 Å². The van der Waals surface area contributed by atoms with Crippen molar-refractivity contribution in [3.8, 4) is 6.07 Å². The third kappa shape index (κ3) is 5.21. The second-order valence-corrected chi connectivity index (χ2v) is 7.82. The van der Waals surface area contributed by atoms with E-state index in [9.17, 15) is 15.2 Å². The molecule has 5 nitrogen and oxygen atoms in total. The quantitative estimate of drug-likeness (QED) is 0.513. The van der Waals surface area contributed by atoms with Crippen LogP contribution >= 0.6 is 11.3 Å². The Kier molecular flexibility index (Phi) is 6.99. The maximum absolute atomic E-state index is 11.8. The Labute approximate surface area is 174 Å². The molecule has 0 fully saturated rings. The molecule has 1 aromatic carbocycles. The number of aromatic nitrogens is 2. The molecule has 0 atom stereocenters. The highest BCUT2D eigenvalue weighted by Crippen LogP contribution is 2.20. The summed E-state index contributed by atoms with van der Waals surface area (Å²) in [6, 6.07) is 13.6. The van der Waals surface area contributed by atoms with Crippen LogP contribution in [0.5, 0.6) is 0 Å². The molecule has 0 radical (unpaired) electrons. The topological polar surface area (TPSA) is 78.9 Å². The summed E-state index contributed by atoms with van der Waals surface area (Å²) in [5, 5.41) is 21.1. The minimum atomic E-state index is -0.932. The standard InChI is InChI=1S/C23H23N3O2S/c1-2-3-10-22-25-15-20(12-19(23(27)28)13-21-9-6-11-29-21)26(22)16-18-8-5-4-7-17(18)14-24/h4-9,11-12,15H,2-3,10,13,16H2,1H3,(H,27,28)/b19-12-. The third-order valence-electron chi connectivity index (χ3n) is 4.73. The Morgan fingerprint density at radius 3 is 2.83 bits per heavy atom. The highest BCUT2D eigenvalue weighted by molar-refractivity contribution is 7.09. The van der Waals surface area contributed by atoms with Gasteiger partial charge in [-0.1, -0.05) is 37.6 Å². The number of nitrogens with zero attached hydrogens (tertiary/aromatic N) is 3. The molecule has 3 aromatic rings. The van der Waals surface area contributed by atoms with Crippen molar-refractivity contribution in [1.29, 1.82) is 5.26 Å². The molecule has 2 aromatic heterocycles. The first-order valence-electron chi connectivity index (χ1n) is 9.61.